The number of ether oxygens (including phenoxy) is 3. The van der Waals surface area contributed by atoms with Crippen molar-refractivity contribution in [2.45, 2.75) is 341 Å². The standard InChI is InChI=1S/C58H112O6/c1-4-7-10-13-16-19-21-23-24-25-26-27-28-29-30-31-32-33-34-35-36-38-39-42-45-48-51-57(60)63-54-55(53-62-56(59)50-47-44-41-18-15-12-9-6-3)64-58(61)52-49-46-43-40-37-22-20-17-14-11-8-5-2/h55H,4-54H2,1-3H3. The number of hydrogen-bond acceptors (Lipinski definition) is 6. The maximum absolute atomic E-state index is 12.8. The van der Waals surface area contributed by atoms with E-state index in [1.54, 1.807) is 0 Å². The van der Waals surface area contributed by atoms with Gasteiger partial charge in [-0.05, 0) is 19.3 Å². The number of rotatable bonds is 54. The Balaban J connectivity index is 4.02. The van der Waals surface area contributed by atoms with E-state index < -0.39 is 6.10 Å². The summed E-state index contributed by atoms with van der Waals surface area (Å²) < 4.78 is 16.8. The quantitative estimate of drug-likeness (QED) is 0.0344. The summed E-state index contributed by atoms with van der Waals surface area (Å²) in [6, 6.07) is 0. The zero-order valence-corrected chi connectivity index (χ0v) is 43.6. The lowest BCUT2D eigenvalue weighted by Crippen LogP contribution is -2.30. The molecule has 0 saturated heterocycles. The number of carbonyl (C=O) groups excluding carboxylic acids is 3. The number of carbonyl (C=O) groups is 3. The van der Waals surface area contributed by atoms with Crippen LogP contribution in [0.1, 0.15) is 335 Å². The summed E-state index contributed by atoms with van der Waals surface area (Å²) in [5.74, 6) is -0.843. The molecule has 64 heavy (non-hydrogen) atoms. The Labute approximate surface area is 399 Å². The van der Waals surface area contributed by atoms with Crippen LogP contribution in [-0.2, 0) is 28.6 Å². The monoisotopic (exact) mass is 905 g/mol. The van der Waals surface area contributed by atoms with Crippen molar-refractivity contribution in [1.29, 1.82) is 0 Å². The van der Waals surface area contributed by atoms with Crippen molar-refractivity contribution in [3.8, 4) is 0 Å². The van der Waals surface area contributed by atoms with Crippen LogP contribution >= 0.6 is 0 Å². The van der Waals surface area contributed by atoms with E-state index in [1.807, 2.05) is 0 Å². The lowest BCUT2D eigenvalue weighted by molar-refractivity contribution is -0.167. The minimum atomic E-state index is -0.759. The predicted molar refractivity (Wildman–Crippen MR) is 275 cm³/mol. The lowest BCUT2D eigenvalue weighted by Gasteiger charge is -2.18. The average molecular weight is 906 g/mol. The van der Waals surface area contributed by atoms with Gasteiger partial charge < -0.3 is 14.2 Å². The molecule has 0 aliphatic carbocycles. The fourth-order valence-electron chi connectivity index (χ4n) is 8.98. The van der Waals surface area contributed by atoms with E-state index in [-0.39, 0.29) is 31.1 Å². The van der Waals surface area contributed by atoms with Crippen molar-refractivity contribution in [2.75, 3.05) is 13.2 Å². The van der Waals surface area contributed by atoms with Crippen LogP contribution in [0, 0.1) is 0 Å². The van der Waals surface area contributed by atoms with Gasteiger partial charge in [-0.25, -0.2) is 0 Å². The molecule has 0 heterocycles. The summed E-state index contributed by atoms with van der Waals surface area (Å²) in [6.07, 6.45) is 59.8. The van der Waals surface area contributed by atoms with E-state index >= 15 is 0 Å². The van der Waals surface area contributed by atoms with Crippen LogP contribution in [0.3, 0.4) is 0 Å². The van der Waals surface area contributed by atoms with Crippen LogP contribution in [0.15, 0.2) is 0 Å². The zero-order valence-electron chi connectivity index (χ0n) is 43.6. The molecule has 0 bridgehead atoms. The highest BCUT2D eigenvalue weighted by Crippen LogP contribution is 2.18. The van der Waals surface area contributed by atoms with Gasteiger partial charge in [0.15, 0.2) is 6.10 Å². The second-order valence-corrected chi connectivity index (χ2v) is 19.9. The van der Waals surface area contributed by atoms with E-state index in [1.165, 1.54) is 238 Å². The minimum absolute atomic E-state index is 0.0620. The summed E-state index contributed by atoms with van der Waals surface area (Å²) >= 11 is 0. The molecule has 0 amide bonds. The maximum atomic E-state index is 12.8. The van der Waals surface area contributed by atoms with Gasteiger partial charge in [0.2, 0.25) is 0 Å². The molecule has 0 aromatic carbocycles. The topological polar surface area (TPSA) is 78.9 Å². The van der Waals surface area contributed by atoms with Gasteiger partial charge >= 0.3 is 17.9 Å². The molecular formula is C58H112O6. The Hall–Kier alpha value is -1.59. The van der Waals surface area contributed by atoms with Crippen LogP contribution < -0.4 is 0 Å². The Morgan fingerprint density at radius 3 is 0.625 bits per heavy atom. The lowest BCUT2D eigenvalue weighted by atomic mass is 10.0. The third-order valence-electron chi connectivity index (χ3n) is 13.4. The molecule has 6 heteroatoms. The summed E-state index contributed by atoms with van der Waals surface area (Å²) in [5.41, 5.74) is 0. The molecule has 380 valence electrons. The second kappa shape index (κ2) is 54.0. The first-order valence-electron chi connectivity index (χ1n) is 29.0. The average Bonchev–Trinajstić information content (AvgIpc) is 3.29. The summed E-state index contributed by atoms with van der Waals surface area (Å²) in [6.45, 7) is 6.66. The van der Waals surface area contributed by atoms with Crippen LogP contribution in [-0.4, -0.2) is 37.2 Å². The van der Waals surface area contributed by atoms with Crippen molar-refractivity contribution < 1.29 is 28.6 Å². The molecule has 0 radical (unpaired) electrons. The van der Waals surface area contributed by atoms with Crippen LogP contribution in [0.2, 0.25) is 0 Å². The highest BCUT2D eigenvalue weighted by Gasteiger charge is 2.19. The zero-order chi connectivity index (χ0) is 46.5. The normalized spacial score (nSPS) is 11.9. The first-order chi connectivity index (χ1) is 31.5. The van der Waals surface area contributed by atoms with Crippen molar-refractivity contribution in [3.05, 3.63) is 0 Å². The van der Waals surface area contributed by atoms with Gasteiger partial charge in [0.25, 0.3) is 0 Å². The van der Waals surface area contributed by atoms with Gasteiger partial charge in [0.05, 0.1) is 0 Å². The molecule has 0 saturated carbocycles. The van der Waals surface area contributed by atoms with Gasteiger partial charge in [-0.1, -0.05) is 297 Å². The van der Waals surface area contributed by atoms with E-state index in [9.17, 15) is 14.4 Å². The van der Waals surface area contributed by atoms with Gasteiger partial charge in [-0.15, -0.1) is 0 Å². The molecule has 0 fully saturated rings. The van der Waals surface area contributed by atoms with Gasteiger partial charge in [0.1, 0.15) is 13.2 Å². The molecule has 0 N–H and O–H groups in total. The number of esters is 3. The fraction of sp³-hybridized carbons (Fsp3) is 0.948. The third kappa shape index (κ3) is 51.4. The first-order valence-corrected chi connectivity index (χ1v) is 29.0. The minimum Gasteiger partial charge on any atom is -0.462 e. The Bertz CT molecular complexity index is 951. The predicted octanol–water partition coefficient (Wildman–Crippen LogP) is 19.2. The molecule has 1 atom stereocenters. The van der Waals surface area contributed by atoms with E-state index in [0.29, 0.717) is 19.3 Å². The molecule has 6 nitrogen and oxygen atoms in total. The van der Waals surface area contributed by atoms with Crippen LogP contribution in [0.5, 0.6) is 0 Å². The smallest absolute Gasteiger partial charge is 0.306 e. The number of hydrogen-bond donors (Lipinski definition) is 0. The van der Waals surface area contributed by atoms with Crippen LogP contribution in [0.4, 0.5) is 0 Å². The second-order valence-electron chi connectivity index (χ2n) is 19.9. The Morgan fingerprint density at radius 1 is 0.250 bits per heavy atom. The summed E-state index contributed by atoms with van der Waals surface area (Å²) in [7, 11) is 0. The largest absolute Gasteiger partial charge is 0.462 e. The van der Waals surface area contributed by atoms with E-state index in [0.717, 1.165) is 57.8 Å². The fourth-order valence-corrected chi connectivity index (χ4v) is 8.98. The third-order valence-corrected chi connectivity index (χ3v) is 13.4. The molecule has 0 rings (SSSR count). The van der Waals surface area contributed by atoms with Gasteiger partial charge in [-0.2, -0.15) is 0 Å². The van der Waals surface area contributed by atoms with Gasteiger partial charge in [0, 0.05) is 19.3 Å². The maximum Gasteiger partial charge on any atom is 0.306 e. The molecule has 0 spiro atoms. The van der Waals surface area contributed by atoms with Crippen molar-refractivity contribution in [3.63, 3.8) is 0 Å². The highest BCUT2D eigenvalue weighted by atomic mass is 16.6. The molecular weight excluding hydrogens is 793 g/mol. The van der Waals surface area contributed by atoms with E-state index in [2.05, 4.69) is 20.8 Å². The molecule has 0 aliphatic heterocycles. The van der Waals surface area contributed by atoms with Gasteiger partial charge in [-0.3, -0.25) is 14.4 Å². The summed E-state index contributed by atoms with van der Waals surface area (Å²) in [4.78, 5) is 37.9. The first kappa shape index (κ1) is 62.4. The highest BCUT2D eigenvalue weighted by molar-refractivity contribution is 5.71. The van der Waals surface area contributed by atoms with Crippen molar-refractivity contribution in [2.24, 2.45) is 0 Å². The Kier molecular flexibility index (Phi) is 52.7. The molecule has 0 aromatic heterocycles. The van der Waals surface area contributed by atoms with Crippen LogP contribution in [0.25, 0.3) is 0 Å². The Morgan fingerprint density at radius 2 is 0.422 bits per heavy atom. The SMILES string of the molecule is CCCCCCCCCCCCCCCCCCCCCCCCCCCCC(=O)OCC(COC(=O)CCCCCCCCCC)OC(=O)CCCCCCCCCCCCCC. The summed E-state index contributed by atoms with van der Waals surface area (Å²) in [5, 5.41) is 0. The number of unbranched alkanes of at least 4 members (excludes halogenated alkanes) is 43. The molecule has 0 aliphatic rings. The van der Waals surface area contributed by atoms with Crippen molar-refractivity contribution in [1.82, 2.24) is 0 Å². The molecule has 1 unspecified atom stereocenters. The van der Waals surface area contributed by atoms with E-state index in [4.69, 9.17) is 14.2 Å². The molecule has 0 aromatic rings. The van der Waals surface area contributed by atoms with Crippen molar-refractivity contribution >= 4 is 17.9 Å².